The van der Waals surface area contributed by atoms with Crippen LogP contribution in [0.4, 0.5) is 21.9 Å². The lowest BCUT2D eigenvalue weighted by Gasteiger charge is -2.14. The lowest BCUT2D eigenvalue weighted by atomic mass is 10.1. The topological polar surface area (TPSA) is 90.5 Å². The highest BCUT2D eigenvalue weighted by molar-refractivity contribution is 6.05. The van der Waals surface area contributed by atoms with Gasteiger partial charge in [-0.25, -0.2) is 4.79 Å². The molecule has 0 saturated carbocycles. The van der Waals surface area contributed by atoms with Gasteiger partial charge in [0, 0.05) is 42.6 Å². The Morgan fingerprint density at radius 3 is 2.08 bits per heavy atom. The van der Waals surface area contributed by atoms with E-state index < -0.39 is 0 Å². The second-order valence-corrected chi connectivity index (χ2v) is 5.64. The highest BCUT2D eigenvalue weighted by atomic mass is 16.2. The van der Waals surface area contributed by atoms with Crippen LogP contribution in [0.3, 0.4) is 0 Å². The molecule has 128 valence electrons. The first-order valence-corrected chi connectivity index (χ1v) is 7.87. The molecule has 0 unspecified atom stereocenters. The third-order valence-corrected chi connectivity index (χ3v) is 3.76. The summed E-state index contributed by atoms with van der Waals surface area (Å²) in [6.45, 7) is 2.67. The van der Waals surface area contributed by atoms with E-state index in [2.05, 4.69) is 16.0 Å². The molecule has 4 amide bonds. The molecule has 2 aromatic rings. The predicted molar refractivity (Wildman–Crippen MR) is 95.9 cm³/mol. The van der Waals surface area contributed by atoms with E-state index >= 15 is 0 Å². The number of anilines is 3. The van der Waals surface area contributed by atoms with Gasteiger partial charge in [0.2, 0.25) is 5.91 Å². The maximum absolute atomic E-state index is 12.3. The number of urea groups is 1. The fraction of sp³-hybridized carbons (Fsp3) is 0.167. The highest BCUT2D eigenvalue weighted by Gasteiger charge is 2.21. The van der Waals surface area contributed by atoms with Crippen molar-refractivity contribution in [3.63, 3.8) is 0 Å². The molecule has 0 atom stereocenters. The van der Waals surface area contributed by atoms with Crippen LogP contribution in [0.1, 0.15) is 17.3 Å². The number of hydrogen-bond donors (Lipinski definition) is 3. The highest BCUT2D eigenvalue weighted by Crippen LogP contribution is 2.19. The van der Waals surface area contributed by atoms with Crippen molar-refractivity contribution in [3.8, 4) is 0 Å². The number of nitrogens with one attached hydrogen (secondary N) is 3. The zero-order valence-corrected chi connectivity index (χ0v) is 13.7. The van der Waals surface area contributed by atoms with Gasteiger partial charge < -0.3 is 16.0 Å². The molecule has 7 heteroatoms. The quantitative estimate of drug-likeness (QED) is 0.800. The van der Waals surface area contributed by atoms with Crippen LogP contribution in [0.15, 0.2) is 48.5 Å². The van der Waals surface area contributed by atoms with Crippen molar-refractivity contribution in [1.29, 1.82) is 0 Å². The van der Waals surface area contributed by atoms with Crippen LogP contribution in [0.5, 0.6) is 0 Å². The molecule has 0 bridgehead atoms. The summed E-state index contributed by atoms with van der Waals surface area (Å²) in [5.41, 5.74) is 2.54. The minimum atomic E-state index is -0.246. The third-order valence-electron chi connectivity index (χ3n) is 3.76. The van der Waals surface area contributed by atoms with Gasteiger partial charge in [-0.2, -0.15) is 0 Å². The Bertz CT molecular complexity index is 800. The molecule has 1 aliphatic heterocycles. The first-order valence-electron chi connectivity index (χ1n) is 7.87. The number of rotatable bonds is 4. The summed E-state index contributed by atoms with van der Waals surface area (Å²) in [5, 5.41) is 8.19. The minimum absolute atomic E-state index is 0.128. The molecule has 7 nitrogen and oxygen atoms in total. The lowest BCUT2D eigenvalue weighted by molar-refractivity contribution is -0.114. The van der Waals surface area contributed by atoms with Crippen molar-refractivity contribution in [2.45, 2.75) is 6.92 Å². The van der Waals surface area contributed by atoms with Crippen LogP contribution < -0.4 is 20.9 Å². The van der Waals surface area contributed by atoms with Crippen molar-refractivity contribution in [2.75, 3.05) is 28.6 Å². The normalized spacial score (nSPS) is 13.3. The Labute approximate surface area is 145 Å². The number of carbonyl (C=O) groups is 3. The SMILES string of the molecule is CC(=O)Nc1ccc(NC(=O)c2ccc(N3CCNC3=O)cc2)cc1. The minimum Gasteiger partial charge on any atom is -0.336 e. The summed E-state index contributed by atoms with van der Waals surface area (Å²) in [5.74, 6) is -0.395. The number of carbonyl (C=O) groups excluding carboxylic acids is 3. The molecular weight excluding hydrogens is 320 g/mol. The fourth-order valence-electron chi connectivity index (χ4n) is 2.55. The Kier molecular flexibility index (Phi) is 4.65. The maximum Gasteiger partial charge on any atom is 0.321 e. The van der Waals surface area contributed by atoms with E-state index in [0.29, 0.717) is 30.0 Å². The number of hydrogen-bond acceptors (Lipinski definition) is 3. The molecule has 0 spiro atoms. The summed E-state index contributed by atoms with van der Waals surface area (Å²) in [4.78, 5) is 36.6. The van der Waals surface area contributed by atoms with Crippen molar-refractivity contribution < 1.29 is 14.4 Å². The number of benzene rings is 2. The van der Waals surface area contributed by atoms with Crippen LogP contribution in [0.25, 0.3) is 0 Å². The van der Waals surface area contributed by atoms with E-state index in [4.69, 9.17) is 0 Å². The molecule has 1 aliphatic rings. The van der Waals surface area contributed by atoms with E-state index in [9.17, 15) is 14.4 Å². The average molecular weight is 338 g/mol. The van der Waals surface area contributed by atoms with E-state index in [0.717, 1.165) is 5.69 Å². The average Bonchev–Trinajstić information content (AvgIpc) is 3.02. The molecule has 3 N–H and O–H groups in total. The fourth-order valence-corrected chi connectivity index (χ4v) is 2.55. The van der Waals surface area contributed by atoms with Crippen molar-refractivity contribution in [3.05, 3.63) is 54.1 Å². The molecular formula is C18H18N4O3. The molecule has 1 heterocycles. The summed E-state index contributed by atoms with van der Waals surface area (Å²) in [7, 11) is 0. The van der Waals surface area contributed by atoms with Crippen molar-refractivity contribution in [1.82, 2.24) is 5.32 Å². The van der Waals surface area contributed by atoms with Gasteiger partial charge in [0.15, 0.2) is 0 Å². The van der Waals surface area contributed by atoms with Gasteiger partial charge in [0.05, 0.1) is 0 Å². The standard InChI is InChI=1S/C18H18N4O3/c1-12(23)20-14-4-6-15(7-5-14)21-17(24)13-2-8-16(9-3-13)22-11-10-19-18(22)25/h2-9H,10-11H2,1H3,(H,19,25)(H,20,23)(H,21,24). The second-order valence-electron chi connectivity index (χ2n) is 5.64. The van der Waals surface area contributed by atoms with Gasteiger partial charge in [-0.15, -0.1) is 0 Å². The van der Waals surface area contributed by atoms with E-state index in [1.807, 2.05) is 0 Å². The third kappa shape index (κ3) is 3.95. The smallest absolute Gasteiger partial charge is 0.321 e. The zero-order valence-electron chi connectivity index (χ0n) is 13.7. The van der Waals surface area contributed by atoms with Gasteiger partial charge in [0.1, 0.15) is 0 Å². The van der Waals surface area contributed by atoms with Crippen LogP contribution in [0, 0.1) is 0 Å². The molecule has 25 heavy (non-hydrogen) atoms. The second kappa shape index (κ2) is 7.04. The molecule has 1 saturated heterocycles. The molecule has 0 radical (unpaired) electrons. The Morgan fingerprint density at radius 1 is 0.960 bits per heavy atom. The summed E-state index contributed by atoms with van der Waals surface area (Å²) in [6, 6.07) is 13.6. The van der Waals surface area contributed by atoms with Crippen LogP contribution >= 0.6 is 0 Å². The van der Waals surface area contributed by atoms with Crippen molar-refractivity contribution in [2.24, 2.45) is 0 Å². The first-order chi connectivity index (χ1) is 12.0. The number of amides is 4. The van der Waals surface area contributed by atoms with E-state index in [1.165, 1.54) is 6.92 Å². The van der Waals surface area contributed by atoms with Crippen LogP contribution in [-0.2, 0) is 4.79 Å². The Balaban J connectivity index is 1.64. The summed E-state index contributed by atoms with van der Waals surface area (Å²) >= 11 is 0. The maximum atomic E-state index is 12.3. The van der Waals surface area contributed by atoms with Crippen molar-refractivity contribution >= 4 is 34.9 Å². The molecule has 1 fully saturated rings. The molecule has 3 rings (SSSR count). The molecule has 2 aromatic carbocycles. The Hall–Kier alpha value is -3.35. The zero-order chi connectivity index (χ0) is 17.8. The summed E-state index contributed by atoms with van der Waals surface area (Å²) in [6.07, 6.45) is 0. The lowest BCUT2D eigenvalue weighted by Crippen LogP contribution is -2.27. The molecule has 0 aliphatic carbocycles. The summed E-state index contributed by atoms with van der Waals surface area (Å²) < 4.78 is 0. The van der Waals surface area contributed by atoms with Crippen LogP contribution in [0.2, 0.25) is 0 Å². The monoisotopic (exact) mass is 338 g/mol. The van der Waals surface area contributed by atoms with Gasteiger partial charge in [0.25, 0.3) is 5.91 Å². The first kappa shape index (κ1) is 16.5. The van der Waals surface area contributed by atoms with Gasteiger partial charge in [-0.05, 0) is 48.5 Å². The predicted octanol–water partition coefficient (Wildman–Crippen LogP) is 2.43. The largest absolute Gasteiger partial charge is 0.336 e. The molecule has 0 aromatic heterocycles. The van der Waals surface area contributed by atoms with Crippen LogP contribution in [-0.4, -0.2) is 30.9 Å². The van der Waals surface area contributed by atoms with Gasteiger partial charge in [-0.3, -0.25) is 14.5 Å². The van der Waals surface area contributed by atoms with Gasteiger partial charge in [-0.1, -0.05) is 0 Å². The van der Waals surface area contributed by atoms with Gasteiger partial charge >= 0.3 is 6.03 Å². The van der Waals surface area contributed by atoms with E-state index in [1.54, 1.807) is 53.4 Å². The van der Waals surface area contributed by atoms with E-state index in [-0.39, 0.29) is 17.8 Å². The Morgan fingerprint density at radius 2 is 1.56 bits per heavy atom. The number of nitrogens with zero attached hydrogens (tertiary/aromatic N) is 1.